The minimum absolute atomic E-state index is 0.137. The largest absolute Gasteiger partial charge is 0.368 e. The number of nitrogens with one attached hydrogen (secondary N) is 1. The fourth-order valence-corrected chi connectivity index (χ4v) is 0.502. The van der Waals surface area contributed by atoms with Crippen LogP contribution in [0.4, 0.5) is 0 Å². The van der Waals surface area contributed by atoms with E-state index < -0.39 is 0 Å². The average molecular weight is 146 g/mol. The van der Waals surface area contributed by atoms with E-state index in [-0.39, 0.29) is 18.2 Å². The van der Waals surface area contributed by atoms with Crippen molar-refractivity contribution in [3.05, 3.63) is 0 Å². The lowest BCUT2D eigenvalue weighted by Crippen LogP contribution is -2.43. The molecule has 0 fully saturated rings. The average Bonchev–Trinajstić information content (AvgIpc) is 1.87. The molecule has 0 saturated carbocycles. The zero-order chi connectivity index (χ0) is 8.15. The molecule has 0 aliphatic rings. The molecule has 0 aromatic heterocycles. The van der Waals surface area contributed by atoms with Crippen molar-refractivity contribution in [1.82, 2.24) is 5.32 Å². The third kappa shape index (κ3) is 3.42. The standard InChI is InChI=1S/C6H14N2O2/c1-4(6(7)9)8-5(2)10-3/h4-5,8H,1-3H3,(H2,7,9). The van der Waals surface area contributed by atoms with Crippen LogP contribution in [-0.4, -0.2) is 25.3 Å². The molecule has 0 radical (unpaired) electrons. The van der Waals surface area contributed by atoms with Crippen molar-refractivity contribution in [2.75, 3.05) is 7.11 Å². The Morgan fingerprint density at radius 2 is 2.10 bits per heavy atom. The maximum absolute atomic E-state index is 10.5. The molecule has 2 atom stereocenters. The molecule has 0 saturated heterocycles. The molecule has 1 amide bonds. The monoisotopic (exact) mass is 146 g/mol. The third-order valence-electron chi connectivity index (χ3n) is 1.27. The Balaban J connectivity index is 3.56. The lowest BCUT2D eigenvalue weighted by atomic mass is 10.3. The molecule has 3 N–H and O–H groups in total. The first kappa shape index (κ1) is 9.39. The van der Waals surface area contributed by atoms with Gasteiger partial charge in [0.05, 0.1) is 6.04 Å². The zero-order valence-electron chi connectivity index (χ0n) is 6.55. The second-order valence-corrected chi connectivity index (χ2v) is 2.17. The van der Waals surface area contributed by atoms with Crippen LogP contribution in [-0.2, 0) is 9.53 Å². The summed E-state index contributed by atoms with van der Waals surface area (Å²) in [6.45, 7) is 3.50. The summed E-state index contributed by atoms with van der Waals surface area (Å²) in [4.78, 5) is 10.5. The Bertz CT molecular complexity index is 116. The minimum atomic E-state index is -0.371. The number of primary amides is 1. The van der Waals surface area contributed by atoms with E-state index in [0.717, 1.165) is 0 Å². The van der Waals surface area contributed by atoms with E-state index in [2.05, 4.69) is 5.32 Å². The lowest BCUT2D eigenvalue weighted by Gasteiger charge is -2.15. The van der Waals surface area contributed by atoms with Crippen LogP contribution in [0, 0.1) is 0 Å². The van der Waals surface area contributed by atoms with Gasteiger partial charge < -0.3 is 10.5 Å². The first-order valence-corrected chi connectivity index (χ1v) is 3.16. The van der Waals surface area contributed by atoms with E-state index in [1.165, 1.54) is 0 Å². The number of amides is 1. The van der Waals surface area contributed by atoms with Crippen molar-refractivity contribution in [3.8, 4) is 0 Å². The zero-order valence-corrected chi connectivity index (χ0v) is 6.55. The molecule has 0 aliphatic heterocycles. The van der Waals surface area contributed by atoms with Crippen molar-refractivity contribution in [1.29, 1.82) is 0 Å². The topological polar surface area (TPSA) is 64.3 Å². The molecule has 0 bridgehead atoms. The van der Waals surface area contributed by atoms with Crippen LogP contribution in [0.3, 0.4) is 0 Å². The van der Waals surface area contributed by atoms with Gasteiger partial charge in [0, 0.05) is 7.11 Å². The van der Waals surface area contributed by atoms with Crippen LogP contribution in [0.5, 0.6) is 0 Å². The summed E-state index contributed by atoms with van der Waals surface area (Å²) >= 11 is 0. The van der Waals surface area contributed by atoms with Gasteiger partial charge >= 0.3 is 0 Å². The highest BCUT2D eigenvalue weighted by molar-refractivity contribution is 5.79. The molecular formula is C6H14N2O2. The lowest BCUT2D eigenvalue weighted by molar-refractivity contribution is -0.120. The van der Waals surface area contributed by atoms with Crippen LogP contribution >= 0.6 is 0 Å². The van der Waals surface area contributed by atoms with E-state index >= 15 is 0 Å². The third-order valence-corrected chi connectivity index (χ3v) is 1.27. The highest BCUT2D eigenvalue weighted by atomic mass is 16.5. The van der Waals surface area contributed by atoms with Gasteiger partial charge in [0.25, 0.3) is 0 Å². The molecule has 0 aliphatic carbocycles. The SMILES string of the molecule is COC(C)NC(C)C(N)=O. The van der Waals surface area contributed by atoms with E-state index in [1.807, 2.05) is 0 Å². The van der Waals surface area contributed by atoms with Crippen LogP contribution in [0.2, 0.25) is 0 Å². The maximum Gasteiger partial charge on any atom is 0.234 e. The van der Waals surface area contributed by atoms with Gasteiger partial charge in [-0.15, -0.1) is 0 Å². The Kier molecular flexibility index (Phi) is 3.99. The van der Waals surface area contributed by atoms with Gasteiger partial charge in [0.15, 0.2) is 0 Å². The number of methoxy groups -OCH3 is 1. The van der Waals surface area contributed by atoms with Gasteiger partial charge in [-0.2, -0.15) is 0 Å². The van der Waals surface area contributed by atoms with Crippen molar-refractivity contribution in [3.63, 3.8) is 0 Å². The predicted molar refractivity (Wildman–Crippen MR) is 38.3 cm³/mol. The summed E-state index contributed by atoms with van der Waals surface area (Å²) in [6.07, 6.45) is -0.137. The Morgan fingerprint density at radius 1 is 1.60 bits per heavy atom. The molecular weight excluding hydrogens is 132 g/mol. The molecule has 2 unspecified atom stereocenters. The highest BCUT2D eigenvalue weighted by Gasteiger charge is 2.09. The Morgan fingerprint density at radius 3 is 2.40 bits per heavy atom. The minimum Gasteiger partial charge on any atom is -0.368 e. The van der Waals surface area contributed by atoms with Crippen LogP contribution in [0.15, 0.2) is 0 Å². The second-order valence-electron chi connectivity index (χ2n) is 2.17. The summed E-state index contributed by atoms with van der Waals surface area (Å²) in [7, 11) is 1.56. The number of rotatable bonds is 4. The first-order valence-electron chi connectivity index (χ1n) is 3.16. The predicted octanol–water partition coefficient (Wildman–Crippen LogP) is -0.558. The normalized spacial score (nSPS) is 16.3. The highest BCUT2D eigenvalue weighted by Crippen LogP contribution is 1.85. The summed E-state index contributed by atoms with van der Waals surface area (Å²) < 4.78 is 4.85. The number of hydrogen-bond donors (Lipinski definition) is 2. The van der Waals surface area contributed by atoms with Crippen LogP contribution < -0.4 is 11.1 Å². The number of ether oxygens (including phenoxy) is 1. The molecule has 60 valence electrons. The van der Waals surface area contributed by atoms with E-state index in [9.17, 15) is 4.79 Å². The van der Waals surface area contributed by atoms with Gasteiger partial charge in [-0.05, 0) is 13.8 Å². The number of carbonyl (C=O) groups is 1. The second kappa shape index (κ2) is 4.24. The van der Waals surface area contributed by atoms with Gasteiger partial charge in [-0.1, -0.05) is 0 Å². The first-order chi connectivity index (χ1) is 4.57. The summed E-state index contributed by atoms with van der Waals surface area (Å²) in [5, 5.41) is 2.83. The molecule has 0 spiro atoms. The molecule has 10 heavy (non-hydrogen) atoms. The quantitative estimate of drug-likeness (QED) is 0.523. The fraction of sp³-hybridized carbons (Fsp3) is 0.833. The number of nitrogens with two attached hydrogens (primary N) is 1. The molecule has 4 heteroatoms. The summed E-state index contributed by atoms with van der Waals surface area (Å²) in [6, 6.07) is -0.338. The van der Waals surface area contributed by atoms with Crippen molar-refractivity contribution in [2.45, 2.75) is 26.1 Å². The van der Waals surface area contributed by atoms with E-state index in [0.29, 0.717) is 0 Å². The van der Waals surface area contributed by atoms with Gasteiger partial charge in [-0.3, -0.25) is 10.1 Å². The van der Waals surface area contributed by atoms with Crippen molar-refractivity contribution >= 4 is 5.91 Å². The summed E-state index contributed by atoms with van der Waals surface area (Å²) in [5.74, 6) is -0.371. The molecule has 0 aromatic rings. The molecule has 0 rings (SSSR count). The van der Waals surface area contributed by atoms with Crippen LogP contribution in [0.25, 0.3) is 0 Å². The number of carbonyl (C=O) groups excluding carboxylic acids is 1. The Hall–Kier alpha value is -0.610. The smallest absolute Gasteiger partial charge is 0.234 e. The van der Waals surface area contributed by atoms with Gasteiger partial charge in [0.1, 0.15) is 6.23 Å². The van der Waals surface area contributed by atoms with Gasteiger partial charge in [-0.25, -0.2) is 0 Å². The maximum atomic E-state index is 10.5. The fourth-order valence-electron chi connectivity index (χ4n) is 0.502. The molecule has 4 nitrogen and oxygen atoms in total. The van der Waals surface area contributed by atoms with Crippen LogP contribution in [0.1, 0.15) is 13.8 Å². The molecule has 0 aromatic carbocycles. The van der Waals surface area contributed by atoms with Gasteiger partial charge in [0.2, 0.25) is 5.91 Å². The number of hydrogen-bond acceptors (Lipinski definition) is 3. The van der Waals surface area contributed by atoms with E-state index in [4.69, 9.17) is 10.5 Å². The summed E-state index contributed by atoms with van der Waals surface area (Å²) in [5.41, 5.74) is 4.98. The van der Waals surface area contributed by atoms with Crippen molar-refractivity contribution < 1.29 is 9.53 Å². The van der Waals surface area contributed by atoms with Crippen molar-refractivity contribution in [2.24, 2.45) is 5.73 Å². The van der Waals surface area contributed by atoms with E-state index in [1.54, 1.807) is 21.0 Å². The molecule has 0 heterocycles. The Labute approximate surface area is 60.7 Å².